The first-order valence-corrected chi connectivity index (χ1v) is 14.0. The van der Waals surface area contributed by atoms with Gasteiger partial charge in [0.1, 0.15) is 17.9 Å². The number of amides is 4. The van der Waals surface area contributed by atoms with E-state index in [-0.39, 0.29) is 11.3 Å². The zero-order valence-corrected chi connectivity index (χ0v) is 25.0. The Hall–Kier alpha value is -2.96. The lowest BCUT2D eigenvalue weighted by atomic mass is 10.1. The normalized spacial score (nSPS) is 14.8. The predicted molar refractivity (Wildman–Crippen MR) is 165 cm³/mol. The minimum Gasteiger partial charge on any atom is -0.487 e. The fourth-order valence-electron chi connectivity index (χ4n) is 4.15. The first kappa shape index (κ1) is 26.6. The van der Waals surface area contributed by atoms with Crippen LogP contribution >= 0.6 is 56.8 Å². The monoisotopic (exact) mass is 748 g/mol. The van der Waals surface area contributed by atoms with E-state index in [0.29, 0.717) is 22.9 Å². The minimum absolute atomic E-state index is 0.155. The Balaban J connectivity index is 1.42. The number of halogens is 3. The van der Waals surface area contributed by atoms with E-state index >= 15 is 0 Å². The van der Waals surface area contributed by atoms with Crippen molar-refractivity contribution >= 4 is 97.2 Å². The van der Waals surface area contributed by atoms with Gasteiger partial charge in [-0.15, -0.1) is 0 Å². The third kappa shape index (κ3) is 5.29. The maximum atomic E-state index is 13.3. The maximum absolute atomic E-state index is 13.3. The fourth-order valence-corrected chi connectivity index (χ4v) is 6.45. The molecule has 6 nitrogen and oxygen atoms in total. The number of imide groups is 2. The lowest BCUT2D eigenvalue weighted by Gasteiger charge is -2.26. The van der Waals surface area contributed by atoms with Crippen LogP contribution in [0.3, 0.4) is 0 Å². The molecule has 1 saturated heterocycles. The number of hydrogen-bond acceptors (Lipinski definition) is 4. The van der Waals surface area contributed by atoms with E-state index in [1.807, 2.05) is 43.3 Å². The second-order valence-electron chi connectivity index (χ2n) is 8.63. The predicted octanol–water partition coefficient (Wildman–Crippen LogP) is 7.26. The van der Waals surface area contributed by atoms with Gasteiger partial charge in [-0.05, 0) is 110 Å². The Morgan fingerprint density at radius 1 is 0.947 bits per heavy atom. The molecule has 1 aliphatic heterocycles. The summed E-state index contributed by atoms with van der Waals surface area (Å²) in [4.78, 5) is 39.3. The number of anilines is 1. The molecule has 4 aromatic carbocycles. The Bertz CT molecular complexity index is 1640. The van der Waals surface area contributed by atoms with Gasteiger partial charge in [0.25, 0.3) is 11.8 Å². The van der Waals surface area contributed by atoms with Crippen molar-refractivity contribution in [1.82, 2.24) is 5.32 Å². The van der Waals surface area contributed by atoms with Crippen LogP contribution in [0.15, 0.2) is 78.4 Å². The van der Waals surface area contributed by atoms with Crippen molar-refractivity contribution in [2.45, 2.75) is 13.5 Å². The Morgan fingerprint density at radius 2 is 1.66 bits per heavy atom. The first-order chi connectivity index (χ1) is 18.2. The number of urea groups is 1. The van der Waals surface area contributed by atoms with Gasteiger partial charge in [0.15, 0.2) is 0 Å². The number of benzene rings is 4. The van der Waals surface area contributed by atoms with E-state index in [9.17, 15) is 14.4 Å². The zero-order chi connectivity index (χ0) is 27.0. The number of fused-ring (bicyclic) bond motifs is 1. The number of barbiturate groups is 1. The molecular formula is C29H19ClI2N2O4. The molecule has 1 fully saturated rings. The number of rotatable bonds is 5. The minimum atomic E-state index is -0.821. The molecule has 1 aliphatic rings. The standard InChI is InChI=1S/C29H19ClI2N2O4/c1-16-9-10-20(14-23(16)30)34-28(36)22(27(35)33-29(34)37)11-17-12-24(31)26(25(32)13-17)38-15-19-7-4-6-18-5-2-3-8-21(18)19/h2-14H,15H2,1H3,(H,33,35,37)/b22-11-. The second-order valence-corrected chi connectivity index (χ2v) is 11.4. The largest absolute Gasteiger partial charge is 0.487 e. The number of carbonyl (C=O) groups excluding carboxylic acids is 3. The second kappa shape index (κ2) is 11.0. The molecule has 4 aromatic rings. The molecule has 0 unspecified atom stereocenters. The van der Waals surface area contributed by atoms with Crippen molar-refractivity contribution < 1.29 is 19.1 Å². The van der Waals surface area contributed by atoms with Gasteiger partial charge in [-0.2, -0.15) is 0 Å². The molecule has 1 N–H and O–H groups in total. The van der Waals surface area contributed by atoms with Crippen LogP contribution in [-0.4, -0.2) is 17.8 Å². The molecule has 9 heteroatoms. The van der Waals surface area contributed by atoms with E-state index in [0.717, 1.165) is 33.9 Å². The molecule has 1 heterocycles. The summed E-state index contributed by atoms with van der Waals surface area (Å²) in [5.41, 5.74) is 2.64. The molecule has 38 heavy (non-hydrogen) atoms. The van der Waals surface area contributed by atoms with E-state index in [1.165, 1.54) is 12.1 Å². The molecule has 0 radical (unpaired) electrons. The lowest BCUT2D eigenvalue weighted by molar-refractivity contribution is -0.122. The quantitative estimate of drug-likeness (QED) is 0.133. The van der Waals surface area contributed by atoms with Crippen LogP contribution in [0.1, 0.15) is 16.7 Å². The number of carbonyl (C=O) groups is 3. The van der Waals surface area contributed by atoms with Crippen LogP contribution in [0.2, 0.25) is 5.02 Å². The zero-order valence-electron chi connectivity index (χ0n) is 19.9. The molecule has 0 aliphatic carbocycles. The van der Waals surface area contributed by atoms with Crippen LogP contribution in [0.25, 0.3) is 16.8 Å². The van der Waals surface area contributed by atoms with E-state index in [4.69, 9.17) is 16.3 Å². The highest BCUT2D eigenvalue weighted by Gasteiger charge is 2.37. The molecule has 190 valence electrons. The third-order valence-electron chi connectivity index (χ3n) is 6.10. The lowest BCUT2D eigenvalue weighted by Crippen LogP contribution is -2.54. The van der Waals surface area contributed by atoms with Crippen LogP contribution < -0.4 is 15.0 Å². The molecule has 4 amide bonds. The first-order valence-electron chi connectivity index (χ1n) is 11.5. The van der Waals surface area contributed by atoms with E-state index in [1.54, 1.807) is 12.1 Å². The number of nitrogens with zero attached hydrogens (tertiary/aromatic N) is 1. The summed E-state index contributed by atoms with van der Waals surface area (Å²) in [5.74, 6) is -0.762. The molecule has 0 saturated carbocycles. The van der Waals surface area contributed by atoms with Gasteiger partial charge >= 0.3 is 6.03 Å². The summed E-state index contributed by atoms with van der Waals surface area (Å²) in [6, 6.07) is 22.0. The number of aryl methyl sites for hydroxylation is 1. The van der Waals surface area contributed by atoms with Crippen LogP contribution in [0, 0.1) is 14.1 Å². The van der Waals surface area contributed by atoms with Crippen LogP contribution in [0.4, 0.5) is 10.5 Å². The summed E-state index contributed by atoms with van der Waals surface area (Å²) in [6.07, 6.45) is 1.48. The summed E-state index contributed by atoms with van der Waals surface area (Å²) < 4.78 is 7.86. The van der Waals surface area contributed by atoms with Gasteiger partial charge in [0, 0.05) is 5.02 Å². The number of nitrogens with one attached hydrogen (secondary N) is 1. The molecule has 0 bridgehead atoms. The van der Waals surface area contributed by atoms with E-state index in [2.05, 4.69) is 68.7 Å². The Kier molecular flexibility index (Phi) is 7.73. The smallest absolute Gasteiger partial charge is 0.335 e. The Morgan fingerprint density at radius 3 is 2.39 bits per heavy atom. The topological polar surface area (TPSA) is 75.7 Å². The van der Waals surface area contributed by atoms with E-state index < -0.39 is 17.8 Å². The van der Waals surface area contributed by atoms with Crippen LogP contribution in [0.5, 0.6) is 5.75 Å². The highest BCUT2D eigenvalue weighted by Crippen LogP contribution is 2.32. The van der Waals surface area contributed by atoms with Gasteiger partial charge < -0.3 is 4.74 Å². The molecule has 5 rings (SSSR count). The van der Waals surface area contributed by atoms with Gasteiger partial charge in [-0.25, -0.2) is 9.69 Å². The summed E-state index contributed by atoms with van der Waals surface area (Å²) in [6.45, 7) is 2.21. The molecule has 0 spiro atoms. The SMILES string of the molecule is Cc1ccc(N2C(=O)NC(=O)/C(=C/c3cc(I)c(OCc4cccc5ccccc45)c(I)c3)C2=O)cc1Cl. The van der Waals surface area contributed by atoms with Crippen molar-refractivity contribution in [3.05, 3.63) is 107 Å². The van der Waals surface area contributed by atoms with Crippen molar-refractivity contribution in [1.29, 1.82) is 0 Å². The average molecular weight is 749 g/mol. The molecule has 0 atom stereocenters. The van der Waals surface area contributed by atoms with Gasteiger partial charge in [0.05, 0.1) is 12.8 Å². The average Bonchev–Trinajstić information content (AvgIpc) is 2.88. The number of ether oxygens (including phenoxy) is 1. The molecular weight excluding hydrogens is 730 g/mol. The van der Waals surface area contributed by atoms with Crippen molar-refractivity contribution in [3.63, 3.8) is 0 Å². The van der Waals surface area contributed by atoms with Crippen molar-refractivity contribution in [2.75, 3.05) is 4.90 Å². The fraction of sp³-hybridized carbons (Fsp3) is 0.0690. The maximum Gasteiger partial charge on any atom is 0.335 e. The van der Waals surface area contributed by atoms with Crippen molar-refractivity contribution in [2.24, 2.45) is 0 Å². The van der Waals surface area contributed by atoms with Gasteiger partial charge in [0.2, 0.25) is 0 Å². The van der Waals surface area contributed by atoms with Gasteiger partial charge in [-0.1, -0.05) is 60.1 Å². The highest BCUT2D eigenvalue weighted by molar-refractivity contribution is 14.1. The highest BCUT2D eigenvalue weighted by atomic mass is 127. The van der Waals surface area contributed by atoms with Crippen molar-refractivity contribution in [3.8, 4) is 5.75 Å². The molecule has 0 aromatic heterocycles. The number of hydrogen-bond donors (Lipinski definition) is 1. The van der Waals surface area contributed by atoms with Crippen LogP contribution in [-0.2, 0) is 16.2 Å². The Labute approximate surface area is 251 Å². The van der Waals surface area contributed by atoms with Gasteiger partial charge in [-0.3, -0.25) is 14.9 Å². The third-order valence-corrected chi connectivity index (χ3v) is 8.11. The summed E-state index contributed by atoms with van der Waals surface area (Å²) in [7, 11) is 0. The summed E-state index contributed by atoms with van der Waals surface area (Å²) in [5, 5.41) is 4.94. The summed E-state index contributed by atoms with van der Waals surface area (Å²) >= 11 is 10.6.